The van der Waals surface area contributed by atoms with Gasteiger partial charge in [-0.25, -0.2) is 0 Å². The largest absolute Gasteiger partial charge is 0.294 e. The Morgan fingerprint density at radius 1 is 0.944 bits per heavy atom. The third-order valence-electron chi connectivity index (χ3n) is 3.48. The summed E-state index contributed by atoms with van der Waals surface area (Å²) in [6.45, 7) is 13.3. The van der Waals surface area contributed by atoms with Crippen LogP contribution in [0.5, 0.6) is 0 Å². The lowest BCUT2D eigenvalue weighted by Crippen LogP contribution is -2.14. The highest BCUT2D eigenvalue weighted by molar-refractivity contribution is 5.92. The van der Waals surface area contributed by atoms with E-state index in [2.05, 4.69) is 47.6 Å². The minimum Gasteiger partial charge on any atom is -0.294 e. The normalized spacial score (nSPS) is 26.3. The van der Waals surface area contributed by atoms with Crippen molar-refractivity contribution < 1.29 is 4.79 Å². The number of hydrogen-bond donors (Lipinski definition) is 0. The summed E-state index contributed by atoms with van der Waals surface area (Å²) in [6, 6.07) is 0. The molecule has 0 N–H and O–H groups in total. The molecule has 0 heterocycles. The molecule has 0 fully saturated rings. The molecule has 0 aromatic carbocycles. The van der Waals surface area contributed by atoms with Crippen molar-refractivity contribution in [1.29, 1.82) is 0 Å². The summed E-state index contributed by atoms with van der Waals surface area (Å²) in [7, 11) is 0. The quantitative estimate of drug-likeness (QED) is 0.705. The van der Waals surface area contributed by atoms with Gasteiger partial charge in [0.2, 0.25) is 0 Å². The zero-order valence-corrected chi connectivity index (χ0v) is 12.6. The number of rotatable bonds is 3. The van der Waals surface area contributed by atoms with E-state index in [0.717, 1.165) is 0 Å². The van der Waals surface area contributed by atoms with Gasteiger partial charge in [0, 0.05) is 6.42 Å². The highest BCUT2D eigenvalue weighted by atomic mass is 16.1. The first-order chi connectivity index (χ1) is 8.34. The molecule has 0 radical (unpaired) electrons. The Balaban J connectivity index is 3.44. The Morgan fingerprint density at radius 2 is 1.56 bits per heavy atom. The zero-order chi connectivity index (χ0) is 13.9. The van der Waals surface area contributed by atoms with E-state index in [1.165, 1.54) is 16.7 Å². The molecule has 0 unspecified atom stereocenters. The van der Waals surface area contributed by atoms with Crippen molar-refractivity contribution in [2.24, 2.45) is 17.8 Å². The fourth-order valence-electron chi connectivity index (χ4n) is 2.60. The second-order valence-corrected chi connectivity index (χ2v) is 6.03. The van der Waals surface area contributed by atoms with E-state index in [0.29, 0.717) is 24.2 Å². The van der Waals surface area contributed by atoms with Crippen LogP contribution < -0.4 is 0 Å². The van der Waals surface area contributed by atoms with E-state index in [1.54, 1.807) is 6.08 Å². The Morgan fingerprint density at radius 3 is 2.00 bits per heavy atom. The third-order valence-corrected chi connectivity index (χ3v) is 3.48. The molecule has 1 nitrogen and oxygen atoms in total. The van der Waals surface area contributed by atoms with Crippen LogP contribution >= 0.6 is 0 Å². The van der Waals surface area contributed by atoms with E-state index >= 15 is 0 Å². The highest BCUT2D eigenvalue weighted by Gasteiger charge is 2.21. The third kappa shape index (κ3) is 3.44. The van der Waals surface area contributed by atoms with Gasteiger partial charge < -0.3 is 0 Å². The number of carbonyl (C=O) groups is 1. The molecule has 1 heteroatoms. The SMILES string of the molecule is CC(C)C1=C/C=C\C(=O)C/C(C(C)C)=C\1C(C)C. The van der Waals surface area contributed by atoms with Crippen molar-refractivity contribution in [3.05, 3.63) is 34.9 Å². The second-order valence-electron chi connectivity index (χ2n) is 6.03. The zero-order valence-electron chi connectivity index (χ0n) is 12.6. The lowest BCUT2D eigenvalue weighted by Gasteiger charge is -2.26. The van der Waals surface area contributed by atoms with Crippen molar-refractivity contribution in [2.75, 3.05) is 0 Å². The molecule has 1 aliphatic rings. The lowest BCUT2D eigenvalue weighted by atomic mass is 9.79. The van der Waals surface area contributed by atoms with E-state index in [9.17, 15) is 4.79 Å². The van der Waals surface area contributed by atoms with Crippen LogP contribution in [0.4, 0.5) is 0 Å². The van der Waals surface area contributed by atoms with Gasteiger partial charge >= 0.3 is 0 Å². The summed E-state index contributed by atoms with van der Waals surface area (Å²) >= 11 is 0. The molecule has 0 atom stereocenters. The molecule has 1 aliphatic carbocycles. The van der Waals surface area contributed by atoms with Crippen LogP contribution in [0.2, 0.25) is 0 Å². The van der Waals surface area contributed by atoms with Gasteiger partial charge in [0.15, 0.2) is 5.78 Å². The maximum absolute atomic E-state index is 11.8. The van der Waals surface area contributed by atoms with Gasteiger partial charge in [-0.3, -0.25) is 4.79 Å². The molecule has 0 aliphatic heterocycles. The summed E-state index contributed by atoms with van der Waals surface area (Å²) < 4.78 is 0. The summed E-state index contributed by atoms with van der Waals surface area (Å²) in [5.74, 6) is 1.61. The number of hydrogen-bond acceptors (Lipinski definition) is 1. The van der Waals surface area contributed by atoms with E-state index in [1.807, 2.05) is 6.08 Å². The fraction of sp³-hybridized carbons (Fsp3) is 0.588. The van der Waals surface area contributed by atoms with Gasteiger partial charge in [0.25, 0.3) is 0 Å². The number of carbonyl (C=O) groups excluding carboxylic acids is 1. The molecule has 0 spiro atoms. The van der Waals surface area contributed by atoms with Crippen molar-refractivity contribution in [3.8, 4) is 0 Å². The van der Waals surface area contributed by atoms with Crippen LogP contribution in [0, 0.1) is 17.8 Å². The first-order valence-electron chi connectivity index (χ1n) is 6.99. The first kappa shape index (κ1) is 14.9. The molecule has 0 saturated carbocycles. The van der Waals surface area contributed by atoms with Gasteiger partial charge in [-0.05, 0) is 35.0 Å². The van der Waals surface area contributed by atoms with Crippen LogP contribution in [0.25, 0.3) is 0 Å². The van der Waals surface area contributed by atoms with Crippen molar-refractivity contribution in [3.63, 3.8) is 0 Å². The monoisotopic (exact) mass is 246 g/mol. The molecule has 0 amide bonds. The molecule has 1 rings (SSSR count). The van der Waals surface area contributed by atoms with Gasteiger partial charge in [-0.1, -0.05) is 59.3 Å². The summed E-state index contributed by atoms with van der Waals surface area (Å²) in [5.41, 5.74) is 4.11. The van der Waals surface area contributed by atoms with E-state index in [4.69, 9.17) is 0 Å². The molecule has 0 aromatic rings. The van der Waals surface area contributed by atoms with E-state index in [-0.39, 0.29) is 5.78 Å². The Hall–Kier alpha value is -1.11. The predicted octanol–water partition coefficient (Wildman–Crippen LogP) is 4.71. The summed E-state index contributed by atoms with van der Waals surface area (Å²) in [5, 5.41) is 0. The standard InChI is InChI=1S/C17H26O/c1-11(2)15-9-7-8-14(18)10-16(12(3)4)17(15)13(5)6/h7-9,11-13H,10H2,1-6H3/b8-7-,15-9-,17-16+. The van der Waals surface area contributed by atoms with Gasteiger partial charge in [0.1, 0.15) is 0 Å². The Kier molecular flexibility index (Phi) is 5.13. The number of ketones is 1. The topological polar surface area (TPSA) is 17.1 Å². The summed E-state index contributed by atoms with van der Waals surface area (Å²) in [4.78, 5) is 11.8. The Labute approximate surface area is 112 Å². The average Bonchev–Trinajstić information content (AvgIpc) is 2.21. The molecule has 18 heavy (non-hydrogen) atoms. The van der Waals surface area contributed by atoms with Crippen LogP contribution in [0.1, 0.15) is 48.0 Å². The van der Waals surface area contributed by atoms with Gasteiger partial charge in [-0.15, -0.1) is 0 Å². The lowest BCUT2D eigenvalue weighted by molar-refractivity contribution is -0.114. The van der Waals surface area contributed by atoms with Crippen LogP contribution in [-0.2, 0) is 4.79 Å². The van der Waals surface area contributed by atoms with Crippen LogP contribution in [-0.4, -0.2) is 5.78 Å². The minimum atomic E-state index is 0.218. The predicted molar refractivity (Wildman–Crippen MR) is 78.4 cm³/mol. The van der Waals surface area contributed by atoms with Gasteiger partial charge in [0.05, 0.1) is 0 Å². The maximum Gasteiger partial charge on any atom is 0.159 e. The van der Waals surface area contributed by atoms with Crippen molar-refractivity contribution >= 4 is 5.78 Å². The average molecular weight is 246 g/mol. The highest BCUT2D eigenvalue weighted by Crippen LogP contribution is 2.34. The second kappa shape index (κ2) is 6.17. The van der Waals surface area contributed by atoms with Gasteiger partial charge in [-0.2, -0.15) is 0 Å². The molecular weight excluding hydrogens is 220 g/mol. The maximum atomic E-state index is 11.8. The van der Waals surface area contributed by atoms with E-state index < -0.39 is 0 Å². The Bertz CT molecular complexity index is 403. The van der Waals surface area contributed by atoms with Crippen LogP contribution in [0.15, 0.2) is 34.9 Å². The van der Waals surface area contributed by atoms with Crippen molar-refractivity contribution in [2.45, 2.75) is 48.0 Å². The molecule has 0 aromatic heterocycles. The fourth-order valence-corrected chi connectivity index (χ4v) is 2.60. The molecule has 100 valence electrons. The smallest absolute Gasteiger partial charge is 0.159 e. The van der Waals surface area contributed by atoms with Crippen LogP contribution in [0.3, 0.4) is 0 Å². The molecular formula is C17H26O. The number of allylic oxidation sites excluding steroid dienone is 6. The summed E-state index contributed by atoms with van der Waals surface area (Å²) in [6.07, 6.45) is 6.32. The molecule has 0 saturated heterocycles. The minimum absolute atomic E-state index is 0.218. The van der Waals surface area contributed by atoms with Crippen molar-refractivity contribution in [1.82, 2.24) is 0 Å². The molecule has 0 bridgehead atoms. The first-order valence-corrected chi connectivity index (χ1v) is 6.99.